The van der Waals surface area contributed by atoms with E-state index in [1.54, 1.807) is 0 Å². The Hall–Kier alpha value is -0.630. The van der Waals surface area contributed by atoms with E-state index in [0.29, 0.717) is 16.7 Å². The Bertz CT molecular complexity index is 536. The number of rotatable bonds is 1. The maximum atomic E-state index is 11.5. The van der Waals surface area contributed by atoms with E-state index < -0.39 is 0 Å². The molecule has 2 heteroatoms. The van der Waals surface area contributed by atoms with Crippen LogP contribution in [0.2, 0.25) is 0 Å². The summed E-state index contributed by atoms with van der Waals surface area (Å²) in [4.78, 5) is 11.5. The molecule has 3 fully saturated rings. The summed E-state index contributed by atoms with van der Waals surface area (Å²) in [5.74, 6) is 3.14. The SMILES string of the molecule is CC1=C(C=O)C[C@H]2[C@@H]3CC[C@H]4COCCC[C@]4(C)[C@H]3CC[C@]12C. The molecule has 0 unspecified atom stereocenters. The van der Waals surface area contributed by atoms with Gasteiger partial charge in [-0.05, 0) is 91.9 Å². The average Bonchev–Trinajstić information content (AvgIpc) is 2.69. The van der Waals surface area contributed by atoms with Gasteiger partial charge in [0.05, 0.1) is 0 Å². The van der Waals surface area contributed by atoms with Crippen LogP contribution >= 0.6 is 0 Å². The summed E-state index contributed by atoms with van der Waals surface area (Å²) in [6.07, 6.45) is 10.1. The van der Waals surface area contributed by atoms with Crippen LogP contribution in [0.3, 0.4) is 0 Å². The Kier molecular flexibility index (Phi) is 3.75. The Morgan fingerprint density at radius 2 is 1.96 bits per heavy atom. The van der Waals surface area contributed by atoms with E-state index in [0.717, 1.165) is 49.2 Å². The molecular formula is C21H32O2. The number of allylic oxidation sites excluding steroid dienone is 2. The fourth-order valence-electron chi connectivity index (χ4n) is 7.03. The number of hydrogen-bond acceptors (Lipinski definition) is 2. The van der Waals surface area contributed by atoms with Gasteiger partial charge in [-0.25, -0.2) is 0 Å². The first-order valence-corrected chi connectivity index (χ1v) is 9.74. The molecule has 0 aromatic rings. The molecule has 2 nitrogen and oxygen atoms in total. The molecule has 4 rings (SSSR count). The third-order valence-corrected chi connectivity index (χ3v) is 8.70. The molecule has 0 radical (unpaired) electrons. The van der Waals surface area contributed by atoms with Crippen molar-refractivity contribution in [2.24, 2.45) is 34.5 Å². The highest BCUT2D eigenvalue weighted by Gasteiger charge is 2.58. The number of ether oxygens (including phenoxy) is 1. The maximum absolute atomic E-state index is 11.5. The predicted octanol–water partition coefficient (Wildman–Crippen LogP) is 4.78. The zero-order valence-electron chi connectivity index (χ0n) is 15.1. The summed E-state index contributed by atoms with van der Waals surface area (Å²) >= 11 is 0. The van der Waals surface area contributed by atoms with Crippen LogP contribution < -0.4 is 0 Å². The van der Waals surface area contributed by atoms with Crippen molar-refractivity contribution in [3.63, 3.8) is 0 Å². The lowest BCUT2D eigenvalue weighted by atomic mass is 9.46. The summed E-state index contributed by atoms with van der Waals surface area (Å²) in [7, 11) is 0. The molecule has 0 N–H and O–H groups in total. The lowest BCUT2D eigenvalue weighted by Crippen LogP contribution is -2.51. The predicted molar refractivity (Wildman–Crippen MR) is 92.1 cm³/mol. The van der Waals surface area contributed by atoms with Gasteiger partial charge in [-0.1, -0.05) is 19.4 Å². The first-order chi connectivity index (χ1) is 11.0. The van der Waals surface area contributed by atoms with E-state index in [-0.39, 0.29) is 0 Å². The normalized spacial score (nSPS) is 49.9. The molecule has 0 spiro atoms. The fourth-order valence-corrected chi connectivity index (χ4v) is 7.03. The molecule has 0 aromatic heterocycles. The average molecular weight is 316 g/mol. The minimum Gasteiger partial charge on any atom is -0.381 e. The van der Waals surface area contributed by atoms with Gasteiger partial charge in [0.15, 0.2) is 0 Å². The molecule has 0 aromatic carbocycles. The molecule has 0 bridgehead atoms. The van der Waals surface area contributed by atoms with Crippen LogP contribution in [0.4, 0.5) is 0 Å². The van der Waals surface area contributed by atoms with Gasteiger partial charge in [0.2, 0.25) is 0 Å². The second kappa shape index (κ2) is 5.44. The minimum absolute atomic E-state index is 0.293. The Morgan fingerprint density at radius 1 is 1.13 bits per heavy atom. The van der Waals surface area contributed by atoms with Gasteiger partial charge in [-0.3, -0.25) is 4.79 Å². The summed E-state index contributed by atoms with van der Waals surface area (Å²) < 4.78 is 5.91. The van der Waals surface area contributed by atoms with E-state index in [9.17, 15) is 4.79 Å². The monoisotopic (exact) mass is 316 g/mol. The molecule has 3 aliphatic carbocycles. The highest BCUT2D eigenvalue weighted by molar-refractivity contribution is 5.76. The van der Waals surface area contributed by atoms with Crippen LogP contribution in [0.25, 0.3) is 0 Å². The Balaban J connectivity index is 1.66. The van der Waals surface area contributed by atoms with Crippen LogP contribution in [0.1, 0.15) is 65.7 Å². The molecule has 2 saturated carbocycles. The van der Waals surface area contributed by atoms with Crippen molar-refractivity contribution in [3.8, 4) is 0 Å². The van der Waals surface area contributed by atoms with Crippen molar-refractivity contribution in [1.82, 2.24) is 0 Å². The van der Waals surface area contributed by atoms with Crippen molar-refractivity contribution < 1.29 is 9.53 Å². The molecule has 1 aliphatic heterocycles. The van der Waals surface area contributed by atoms with E-state index in [4.69, 9.17) is 4.74 Å². The van der Waals surface area contributed by atoms with Gasteiger partial charge in [0.25, 0.3) is 0 Å². The minimum atomic E-state index is 0.293. The van der Waals surface area contributed by atoms with Crippen molar-refractivity contribution in [2.45, 2.75) is 65.7 Å². The second-order valence-electron chi connectivity index (χ2n) is 9.26. The topological polar surface area (TPSA) is 26.3 Å². The van der Waals surface area contributed by atoms with Crippen molar-refractivity contribution in [2.75, 3.05) is 13.2 Å². The highest BCUT2D eigenvalue weighted by Crippen LogP contribution is 2.65. The van der Waals surface area contributed by atoms with Crippen molar-refractivity contribution in [3.05, 3.63) is 11.1 Å². The van der Waals surface area contributed by atoms with E-state index in [1.165, 1.54) is 44.1 Å². The third-order valence-electron chi connectivity index (χ3n) is 8.70. The number of aldehydes is 1. The van der Waals surface area contributed by atoms with Crippen LogP contribution in [-0.2, 0) is 9.53 Å². The molecule has 1 heterocycles. The number of hydrogen-bond donors (Lipinski definition) is 0. The van der Waals surface area contributed by atoms with Crippen LogP contribution in [-0.4, -0.2) is 19.5 Å². The van der Waals surface area contributed by atoms with Gasteiger partial charge in [-0.15, -0.1) is 0 Å². The highest BCUT2D eigenvalue weighted by atomic mass is 16.5. The number of fused-ring (bicyclic) bond motifs is 5. The smallest absolute Gasteiger partial charge is 0.145 e. The second-order valence-corrected chi connectivity index (χ2v) is 9.26. The third kappa shape index (κ3) is 2.13. The summed E-state index contributed by atoms with van der Waals surface area (Å²) in [6, 6.07) is 0. The summed E-state index contributed by atoms with van der Waals surface area (Å²) in [5.41, 5.74) is 3.29. The molecule has 6 atom stereocenters. The molecule has 1 saturated heterocycles. The van der Waals surface area contributed by atoms with Gasteiger partial charge < -0.3 is 4.74 Å². The van der Waals surface area contributed by atoms with Gasteiger partial charge in [0, 0.05) is 13.2 Å². The standard InChI is InChI=1S/C21H32O2/c1-14-15(12-22)11-19-17-6-5-16-13-23-10-4-8-21(16,3)18(17)7-9-20(14,19)2/h12,16-19H,4-11,13H2,1-3H3/t16-,17+,18-,19-,20+,21-/m0/s1. The number of carbonyl (C=O) groups excluding carboxylic acids is 1. The fraction of sp³-hybridized carbons (Fsp3) is 0.857. The summed E-state index contributed by atoms with van der Waals surface area (Å²) in [5, 5.41) is 0. The van der Waals surface area contributed by atoms with Gasteiger partial charge in [-0.2, -0.15) is 0 Å². The molecule has 23 heavy (non-hydrogen) atoms. The quantitative estimate of drug-likeness (QED) is 0.651. The molecule has 128 valence electrons. The van der Waals surface area contributed by atoms with Crippen molar-refractivity contribution in [1.29, 1.82) is 0 Å². The van der Waals surface area contributed by atoms with Gasteiger partial charge in [0.1, 0.15) is 6.29 Å². The Morgan fingerprint density at radius 3 is 2.74 bits per heavy atom. The first-order valence-electron chi connectivity index (χ1n) is 9.74. The van der Waals surface area contributed by atoms with Gasteiger partial charge >= 0.3 is 0 Å². The van der Waals surface area contributed by atoms with E-state index in [2.05, 4.69) is 20.8 Å². The maximum Gasteiger partial charge on any atom is 0.145 e. The molecule has 4 aliphatic rings. The van der Waals surface area contributed by atoms with Crippen LogP contribution in [0.5, 0.6) is 0 Å². The zero-order chi connectivity index (χ0) is 16.2. The van der Waals surface area contributed by atoms with Crippen molar-refractivity contribution >= 4 is 6.29 Å². The lowest BCUT2D eigenvalue weighted by molar-refractivity contribution is -0.105. The molecule has 0 amide bonds. The van der Waals surface area contributed by atoms with Crippen LogP contribution in [0, 0.1) is 34.5 Å². The Labute approximate surface area is 141 Å². The largest absolute Gasteiger partial charge is 0.381 e. The van der Waals surface area contributed by atoms with E-state index >= 15 is 0 Å². The zero-order valence-corrected chi connectivity index (χ0v) is 15.1. The summed E-state index contributed by atoms with van der Waals surface area (Å²) in [6.45, 7) is 9.20. The first kappa shape index (κ1) is 15.9. The lowest BCUT2D eigenvalue weighted by Gasteiger charge is -2.58. The van der Waals surface area contributed by atoms with E-state index in [1.807, 2.05) is 0 Å². The number of carbonyl (C=O) groups is 1. The van der Waals surface area contributed by atoms with Crippen LogP contribution in [0.15, 0.2) is 11.1 Å². The molecular weight excluding hydrogens is 284 g/mol.